The second-order valence-corrected chi connectivity index (χ2v) is 14.5. The number of rotatable bonds is 10. The molecule has 3 atom stereocenters. The summed E-state index contributed by atoms with van der Waals surface area (Å²) in [5.74, 6) is -3.73. The third-order valence-electron chi connectivity index (χ3n) is 7.97. The molecule has 13 nitrogen and oxygen atoms in total. The van der Waals surface area contributed by atoms with Crippen molar-refractivity contribution in [3.63, 3.8) is 0 Å². The minimum atomic E-state index is -1.67. The van der Waals surface area contributed by atoms with Gasteiger partial charge in [-0.15, -0.1) is 0 Å². The summed E-state index contributed by atoms with van der Waals surface area (Å²) in [6.45, 7) is 11.4. The summed E-state index contributed by atoms with van der Waals surface area (Å²) in [6.07, 6.45) is -0.716. The Morgan fingerprint density at radius 3 is 1.96 bits per heavy atom. The molecule has 0 aliphatic carbocycles. The Morgan fingerprint density at radius 2 is 1.38 bits per heavy atom. The molecule has 0 spiro atoms. The van der Waals surface area contributed by atoms with Gasteiger partial charge in [0.1, 0.15) is 17.2 Å². The molecule has 3 aromatic carbocycles. The van der Waals surface area contributed by atoms with Crippen molar-refractivity contribution in [1.29, 1.82) is 0 Å². The summed E-state index contributed by atoms with van der Waals surface area (Å²) < 4.78 is 16.7. The van der Waals surface area contributed by atoms with E-state index in [9.17, 15) is 28.8 Å². The Bertz CT molecular complexity index is 2020. The number of benzene rings is 3. The van der Waals surface area contributed by atoms with Crippen LogP contribution in [0.25, 0.3) is 10.9 Å². The summed E-state index contributed by atoms with van der Waals surface area (Å²) in [5, 5.41) is 6.14. The highest BCUT2D eigenvalue weighted by atomic mass is 16.6. The van der Waals surface area contributed by atoms with Crippen LogP contribution in [0.2, 0.25) is 0 Å². The van der Waals surface area contributed by atoms with Gasteiger partial charge in [-0.05, 0) is 76.9 Å². The van der Waals surface area contributed by atoms with Crippen molar-refractivity contribution in [2.75, 3.05) is 5.32 Å². The summed E-state index contributed by atoms with van der Waals surface area (Å²) in [5.41, 5.74) is 0.163. The molecule has 0 unspecified atom stereocenters. The van der Waals surface area contributed by atoms with Crippen LogP contribution in [-0.2, 0) is 35.0 Å². The van der Waals surface area contributed by atoms with E-state index in [0.29, 0.717) is 16.8 Å². The van der Waals surface area contributed by atoms with Gasteiger partial charge >= 0.3 is 18.0 Å². The van der Waals surface area contributed by atoms with Gasteiger partial charge < -0.3 is 24.8 Å². The maximum Gasteiger partial charge on any atom is 0.408 e. The van der Waals surface area contributed by atoms with E-state index in [1.807, 2.05) is 12.1 Å². The number of carbonyl (C=O) groups excluding carboxylic acids is 6. The number of amides is 4. The molecule has 0 bridgehead atoms. The second-order valence-electron chi connectivity index (χ2n) is 14.5. The van der Waals surface area contributed by atoms with Crippen molar-refractivity contribution in [3.05, 3.63) is 107 Å². The standard InChI is InChI=1S/C40H42N4O9/c1-23(45)51-33(26-19-17-24(18-20-26)22-30(37(49)52-39(2,3)4)43-38(50)53-40(5,6)7)32(44-35(47)27-14-8-9-15-28(27)36(44)48)34(46)42-29-16-10-12-25-13-11-21-41-31(25)29/h8-21,30,32-33H,22H2,1-7H3,(H,42,46)(H,43,50)/t30-,32-,33-/m0/s1. The van der Waals surface area contributed by atoms with Crippen LogP contribution < -0.4 is 10.6 Å². The van der Waals surface area contributed by atoms with Crippen LogP contribution in [0.4, 0.5) is 10.5 Å². The van der Waals surface area contributed by atoms with Gasteiger partial charge in [-0.3, -0.25) is 29.1 Å². The molecule has 0 saturated carbocycles. The molecule has 13 heteroatoms. The van der Waals surface area contributed by atoms with E-state index >= 15 is 0 Å². The monoisotopic (exact) mass is 722 g/mol. The SMILES string of the molecule is CC(=O)O[C@@H](c1ccc(C[C@H](NC(=O)OC(C)(C)C)C(=O)OC(C)(C)C)cc1)[C@@H](C(=O)Nc1cccc2cccnc12)N1C(=O)c2ccccc2C1=O. The van der Waals surface area contributed by atoms with Crippen LogP contribution in [0.1, 0.15) is 86.4 Å². The van der Waals surface area contributed by atoms with Crippen molar-refractivity contribution in [2.24, 2.45) is 0 Å². The highest BCUT2D eigenvalue weighted by molar-refractivity contribution is 6.23. The first kappa shape index (κ1) is 38.1. The third kappa shape index (κ3) is 9.23. The minimum Gasteiger partial charge on any atom is -0.458 e. The fourth-order valence-electron chi connectivity index (χ4n) is 5.85. The van der Waals surface area contributed by atoms with E-state index in [1.165, 1.54) is 12.1 Å². The highest BCUT2D eigenvalue weighted by Gasteiger charge is 2.48. The third-order valence-corrected chi connectivity index (χ3v) is 7.97. The number of carbonyl (C=O) groups is 6. The minimum absolute atomic E-state index is 0.0108. The molecule has 2 heterocycles. The van der Waals surface area contributed by atoms with E-state index in [1.54, 1.807) is 102 Å². The summed E-state index contributed by atoms with van der Waals surface area (Å²) in [4.78, 5) is 85.8. The predicted octanol–water partition coefficient (Wildman–Crippen LogP) is 5.92. The number of nitrogens with one attached hydrogen (secondary N) is 2. The predicted molar refractivity (Wildman–Crippen MR) is 195 cm³/mol. The van der Waals surface area contributed by atoms with Gasteiger partial charge in [0.25, 0.3) is 17.7 Å². The lowest BCUT2D eigenvalue weighted by Gasteiger charge is -2.32. The van der Waals surface area contributed by atoms with Crippen molar-refractivity contribution >= 4 is 52.3 Å². The molecule has 0 fully saturated rings. The zero-order valence-corrected chi connectivity index (χ0v) is 30.6. The maximum absolute atomic E-state index is 14.4. The smallest absolute Gasteiger partial charge is 0.408 e. The summed E-state index contributed by atoms with van der Waals surface area (Å²) >= 11 is 0. The number of aromatic nitrogens is 1. The molecular formula is C40H42N4O9. The fourth-order valence-corrected chi connectivity index (χ4v) is 5.85. The zero-order valence-electron chi connectivity index (χ0n) is 30.6. The van der Waals surface area contributed by atoms with E-state index < -0.39 is 65.1 Å². The van der Waals surface area contributed by atoms with Crippen molar-refractivity contribution < 1.29 is 43.0 Å². The summed E-state index contributed by atoms with van der Waals surface area (Å²) in [6, 6.07) is 18.5. The number of hydrogen-bond acceptors (Lipinski definition) is 10. The first-order chi connectivity index (χ1) is 24.9. The Kier molecular flexibility index (Phi) is 11.0. The molecule has 53 heavy (non-hydrogen) atoms. The lowest BCUT2D eigenvalue weighted by atomic mass is 9.96. The van der Waals surface area contributed by atoms with E-state index in [4.69, 9.17) is 14.2 Å². The van der Waals surface area contributed by atoms with Gasteiger partial charge in [0.15, 0.2) is 12.1 Å². The van der Waals surface area contributed by atoms with Gasteiger partial charge in [0, 0.05) is 24.9 Å². The van der Waals surface area contributed by atoms with E-state index in [0.717, 1.165) is 17.2 Å². The van der Waals surface area contributed by atoms with Gasteiger partial charge in [0.2, 0.25) is 0 Å². The fraction of sp³-hybridized carbons (Fsp3) is 0.325. The molecule has 276 valence electrons. The molecule has 4 aromatic rings. The van der Waals surface area contributed by atoms with Gasteiger partial charge in [-0.25, -0.2) is 9.59 Å². The van der Waals surface area contributed by atoms with Gasteiger partial charge in [-0.1, -0.05) is 54.6 Å². The van der Waals surface area contributed by atoms with Crippen LogP contribution in [0, 0.1) is 0 Å². The van der Waals surface area contributed by atoms with E-state index in [2.05, 4.69) is 15.6 Å². The number of imide groups is 1. The Morgan fingerprint density at radius 1 is 0.774 bits per heavy atom. The zero-order chi connectivity index (χ0) is 38.7. The number of esters is 2. The average Bonchev–Trinajstić information content (AvgIpc) is 3.32. The molecule has 2 N–H and O–H groups in total. The molecular weight excluding hydrogens is 680 g/mol. The summed E-state index contributed by atoms with van der Waals surface area (Å²) in [7, 11) is 0. The average molecular weight is 723 g/mol. The molecule has 1 aromatic heterocycles. The van der Waals surface area contributed by atoms with Crippen LogP contribution in [-0.4, -0.2) is 68.9 Å². The molecule has 4 amide bonds. The molecule has 1 aliphatic heterocycles. The van der Waals surface area contributed by atoms with Gasteiger partial charge in [0.05, 0.1) is 22.3 Å². The molecule has 5 rings (SSSR count). The molecule has 0 saturated heterocycles. The first-order valence-electron chi connectivity index (χ1n) is 17.0. The number of pyridine rings is 1. The van der Waals surface area contributed by atoms with Crippen molar-refractivity contribution in [3.8, 4) is 0 Å². The topological polar surface area (TPSA) is 170 Å². The Labute approximate surface area is 307 Å². The van der Waals surface area contributed by atoms with Crippen LogP contribution in [0.15, 0.2) is 85.1 Å². The number of hydrogen-bond donors (Lipinski definition) is 2. The number of ether oxygens (including phenoxy) is 3. The largest absolute Gasteiger partial charge is 0.458 e. The second kappa shape index (κ2) is 15.2. The van der Waals surface area contributed by atoms with Crippen molar-refractivity contribution in [1.82, 2.24) is 15.2 Å². The number of fused-ring (bicyclic) bond motifs is 2. The molecule has 0 radical (unpaired) electrons. The normalized spacial score (nSPS) is 14.5. The lowest BCUT2D eigenvalue weighted by Crippen LogP contribution is -2.51. The quantitative estimate of drug-likeness (QED) is 0.114. The van der Waals surface area contributed by atoms with Crippen LogP contribution >= 0.6 is 0 Å². The number of alkyl carbamates (subject to hydrolysis) is 1. The Hall–Kier alpha value is -6.11. The Balaban J connectivity index is 1.52. The van der Waals surface area contributed by atoms with E-state index in [-0.39, 0.29) is 23.1 Å². The number of anilines is 1. The highest BCUT2D eigenvalue weighted by Crippen LogP contribution is 2.34. The number of nitrogens with zero attached hydrogens (tertiary/aromatic N) is 2. The van der Waals surface area contributed by atoms with Gasteiger partial charge in [-0.2, -0.15) is 0 Å². The lowest BCUT2D eigenvalue weighted by molar-refractivity contribution is -0.157. The van der Waals surface area contributed by atoms with Crippen molar-refractivity contribution in [2.45, 2.75) is 84.3 Å². The van der Waals surface area contributed by atoms with Crippen LogP contribution in [0.5, 0.6) is 0 Å². The number of para-hydroxylation sites is 1. The van der Waals surface area contributed by atoms with Crippen LogP contribution in [0.3, 0.4) is 0 Å². The maximum atomic E-state index is 14.4. The first-order valence-corrected chi connectivity index (χ1v) is 17.0. The molecule has 1 aliphatic rings.